The molecule has 0 bridgehead atoms. The molecule has 12 heavy (non-hydrogen) atoms. The van der Waals surface area contributed by atoms with E-state index >= 15 is 0 Å². The van der Waals surface area contributed by atoms with Crippen molar-refractivity contribution in [1.29, 1.82) is 0 Å². The van der Waals surface area contributed by atoms with Gasteiger partial charge in [0.05, 0.1) is 13.0 Å². The molecule has 70 valence electrons. The molecule has 3 nitrogen and oxygen atoms in total. The molecule has 4 heteroatoms. The Hall–Kier alpha value is -0.640. The number of halogens is 1. The number of carbonyl (C=O) groups is 1. The Kier molecular flexibility index (Phi) is 3.47. The highest BCUT2D eigenvalue weighted by atomic mass is 19.1. The van der Waals surface area contributed by atoms with Crippen LogP contribution in [-0.2, 0) is 14.3 Å². The normalized spacial score (nSPS) is 30.8. The van der Waals surface area contributed by atoms with Gasteiger partial charge in [0.1, 0.15) is 6.17 Å². The van der Waals surface area contributed by atoms with Gasteiger partial charge in [-0.2, -0.15) is 0 Å². The van der Waals surface area contributed by atoms with Crippen molar-refractivity contribution in [2.24, 2.45) is 5.92 Å². The van der Waals surface area contributed by atoms with E-state index in [0.29, 0.717) is 26.1 Å². The molecule has 1 rings (SSSR count). The van der Waals surface area contributed by atoms with Gasteiger partial charge in [-0.25, -0.2) is 4.39 Å². The van der Waals surface area contributed by atoms with Crippen LogP contribution >= 0.6 is 0 Å². The third kappa shape index (κ3) is 2.17. The SMILES string of the molecule is COC(=O)[C@H]1CCOCC[C@H]1F. The minimum Gasteiger partial charge on any atom is -0.469 e. The molecule has 1 aliphatic heterocycles. The average Bonchev–Trinajstić information content (AvgIpc) is 2.28. The van der Waals surface area contributed by atoms with Crippen molar-refractivity contribution in [3.05, 3.63) is 0 Å². The zero-order valence-corrected chi connectivity index (χ0v) is 7.09. The molecular formula is C8H13FO3. The molecule has 0 aromatic rings. The number of rotatable bonds is 1. The summed E-state index contributed by atoms with van der Waals surface area (Å²) in [7, 11) is 1.28. The maximum atomic E-state index is 13.2. The number of hydrogen-bond acceptors (Lipinski definition) is 3. The van der Waals surface area contributed by atoms with Crippen LogP contribution in [0.4, 0.5) is 4.39 Å². The van der Waals surface area contributed by atoms with Gasteiger partial charge < -0.3 is 9.47 Å². The van der Waals surface area contributed by atoms with Crippen LogP contribution in [-0.4, -0.2) is 32.5 Å². The minimum atomic E-state index is -1.11. The Morgan fingerprint density at radius 2 is 2.17 bits per heavy atom. The second-order valence-electron chi connectivity index (χ2n) is 2.84. The van der Waals surface area contributed by atoms with E-state index in [9.17, 15) is 9.18 Å². The Bertz CT molecular complexity index is 160. The molecule has 0 aromatic carbocycles. The first-order valence-electron chi connectivity index (χ1n) is 4.05. The molecule has 0 aromatic heterocycles. The van der Waals surface area contributed by atoms with Gasteiger partial charge in [0.25, 0.3) is 0 Å². The Labute approximate surface area is 70.8 Å². The van der Waals surface area contributed by atoms with E-state index in [4.69, 9.17) is 4.74 Å². The molecule has 0 radical (unpaired) electrons. The largest absolute Gasteiger partial charge is 0.469 e. The molecule has 0 N–H and O–H groups in total. The average molecular weight is 176 g/mol. The summed E-state index contributed by atoms with van der Waals surface area (Å²) in [5.74, 6) is -1.09. The van der Waals surface area contributed by atoms with Gasteiger partial charge in [-0.05, 0) is 6.42 Å². The molecule has 0 spiro atoms. The third-order valence-corrected chi connectivity index (χ3v) is 2.05. The summed E-state index contributed by atoms with van der Waals surface area (Å²) in [6, 6.07) is 0. The summed E-state index contributed by atoms with van der Waals surface area (Å²) in [5.41, 5.74) is 0. The quantitative estimate of drug-likeness (QED) is 0.557. The van der Waals surface area contributed by atoms with Crippen LogP contribution in [0.2, 0.25) is 0 Å². The topological polar surface area (TPSA) is 35.5 Å². The van der Waals surface area contributed by atoms with Gasteiger partial charge in [0, 0.05) is 19.6 Å². The van der Waals surface area contributed by atoms with Crippen LogP contribution in [0.15, 0.2) is 0 Å². The molecule has 1 saturated heterocycles. The summed E-state index contributed by atoms with van der Waals surface area (Å²) in [5, 5.41) is 0. The predicted molar refractivity (Wildman–Crippen MR) is 40.5 cm³/mol. The lowest BCUT2D eigenvalue weighted by molar-refractivity contribution is -0.148. The fraction of sp³-hybridized carbons (Fsp3) is 0.875. The highest BCUT2D eigenvalue weighted by molar-refractivity contribution is 5.72. The maximum absolute atomic E-state index is 13.2. The van der Waals surface area contributed by atoms with E-state index in [0.717, 1.165) is 0 Å². The summed E-state index contributed by atoms with van der Waals surface area (Å²) >= 11 is 0. The maximum Gasteiger partial charge on any atom is 0.311 e. The van der Waals surface area contributed by atoms with E-state index in [2.05, 4.69) is 4.74 Å². The molecule has 0 unspecified atom stereocenters. The Balaban J connectivity index is 2.52. The van der Waals surface area contributed by atoms with E-state index < -0.39 is 18.1 Å². The van der Waals surface area contributed by atoms with Crippen LogP contribution in [0.3, 0.4) is 0 Å². The fourth-order valence-corrected chi connectivity index (χ4v) is 1.31. The van der Waals surface area contributed by atoms with Crippen molar-refractivity contribution in [3.8, 4) is 0 Å². The number of methoxy groups -OCH3 is 1. The lowest BCUT2D eigenvalue weighted by atomic mass is 9.99. The minimum absolute atomic E-state index is 0.291. The monoisotopic (exact) mass is 176 g/mol. The van der Waals surface area contributed by atoms with Crippen molar-refractivity contribution < 1.29 is 18.7 Å². The summed E-state index contributed by atoms with van der Waals surface area (Å²) in [6.45, 7) is 0.842. The second-order valence-corrected chi connectivity index (χ2v) is 2.84. The van der Waals surface area contributed by atoms with Gasteiger partial charge in [-0.1, -0.05) is 0 Å². The summed E-state index contributed by atoms with van der Waals surface area (Å²) in [4.78, 5) is 11.0. The third-order valence-electron chi connectivity index (χ3n) is 2.05. The van der Waals surface area contributed by atoms with Crippen LogP contribution < -0.4 is 0 Å². The standard InChI is InChI=1S/C8H13FO3/c1-11-8(10)6-2-4-12-5-3-7(6)9/h6-7H,2-5H2,1H3/t6-,7+/m0/s1. The van der Waals surface area contributed by atoms with Crippen LogP contribution in [0.5, 0.6) is 0 Å². The Morgan fingerprint density at radius 3 is 2.83 bits per heavy atom. The van der Waals surface area contributed by atoms with E-state index in [1.807, 2.05) is 0 Å². The van der Waals surface area contributed by atoms with Gasteiger partial charge >= 0.3 is 5.97 Å². The molecule has 1 aliphatic rings. The van der Waals surface area contributed by atoms with E-state index in [1.54, 1.807) is 0 Å². The highest BCUT2D eigenvalue weighted by Gasteiger charge is 2.30. The molecule has 2 atom stereocenters. The number of hydrogen-bond donors (Lipinski definition) is 0. The highest BCUT2D eigenvalue weighted by Crippen LogP contribution is 2.20. The van der Waals surface area contributed by atoms with E-state index in [1.165, 1.54) is 7.11 Å². The van der Waals surface area contributed by atoms with Gasteiger partial charge in [-0.3, -0.25) is 4.79 Å². The lowest BCUT2D eigenvalue weighted by Crippen LogP contribution is -2.26. The van der Waals surface area contributed by atoms with Gasteiger partial charge in [0.2, 0.25) is 0 Å². The summed E-state index contributed by atoms with van der Waals surface area (Å²) < 4.78 is 22.7. The van der Waals surface area contributed by atoms with Crippen molar-refractivity contribution >= 4 is 5.97 Å². The van der Waals surface area contributed by atoms with Crippen molar-refractivity contribution in [3.63, 3.8) is 0 Å². The lowest BCUT2D eigenvalue weighted by Gasteiger charge is -2.13. The number of alkyl halides is 1. The van der Waals surface area contributed by atoms with Gasteiger partial charge in [-0.15, -0.1) is 0 Å². The first-order chi connectivity index (χ1) is 5.75. The number of esters is 1. The molecule has 0 saturated carbocycles. The number of ether oxygens (including phenoxy) is 2. The molecule has 1 fully saturated rings. The zero-order chi connectivity index (χ0) is 8.97. The smallest absolute Gasteiger partial charge is 0.311 e. The predicted octanol–water partition coefficient (Wildman–Crippen LogP) is 0.924. The molecule has 0 aliphatic carbocycles. The molecule has 0 amide bonds. The van der Waals surface area contributed by atoms with Crippen LogP contribution in [0.1, 0.15) is 12.8 Å². The van der Waals surface area contributed by atoms with Crippen molar-refractivity contribution in [1.82, 2.24) is 0 Å². The number of carbonyl (C=O) groups excluding carboxylic acids is 1. The Morgan fingerprint density at radius 1 is 1.50 bits per heavy atom. The molecule has 1 heterocycles. The van der Waals surface area contributed by atoms with Crippen molar-refractivity contribution in [2.75, 3.05) is 20.3 Å². The first-order valence-corrected chi connectivity index (χ1v) is 4.05. The van der Waals surface area contributed by atoms with Crippen LogP contribution in [0.25, 0.3) is 0 Å². The zero-order valence-electron chi connectivity index (χ0n) is 7.09. The van der Waals surface area contributed by atoms with E-state index in [-0.39, 0.29) is 0 Å². The fourth-order valence-electron chi connectivity index (χ4n) is 1.31. The van der Waals surface area contributed by atoms with Crippen molar-refractivity contribution in [2.45, 2.75) is 19.0 Å². The first kappa shape index (κ1) is 9.45. The molecular weight excluding hydrogens is 163 g/mol. The van der Waals surface area contributed by atoms with Crippen LogP contribution in [0, 0.1) is 5.92 Å². The second kappa shape index (κ2) is 4.40. The van der Waals surface area contributed by atoms with Gasteiger partial charge in [0.15, 0.2) is 0 Å². The summed E-state index contributed by atoms with van der Waals surface area (Å²) in [6.07, 6.45) is -0.395.